The lowest BCUT2D eigenvalue weighted by Gasteiger charge is -2.48. The molecule has 0 unspecified atom stereocenters. The second-order valence-corrected chi connectivity index (χ2v) is 10.4. The Bertz CT molecular complexity index is 1330. The molecule has 0 amide bonds. The molecule has 2 aromatic rings. The zero-order chi connectivity index (χ0) is 24.0. The fourth-order valence-corrected chi connectivity index (χ4v) is 5.03. The number of nitriles is 1. The van der Waals surface area contributed by atoms with E-state index in [0.29, 0.717) is 4.71 Å². The van der Waals surface area contributed by atoms with E-state index in [0.717, 1.165) is 42.5 Å². The van der Waals surface area contributed by atoms with E-state index in [-0.39, 0.29) is 16.4 Å². The van der Waals surface area contributed by atoms with Crippen molar-refractivity contribution in [3.05, 3.63) is 63.4 Å². The van der Waals surface area contributed by atoms with Crippen molar-refractivity contribution in [2.75, 3.05) is 18.0 Å². The number of fused-ring (bicyclic) bond motifs is 2. The molecule has 0 saturated heterocycles. The molecule has 33 heavy (non-hydrogen) atoms. The van der Waals surface area contributed by atoms with Gasteiger partial charge in [0.25, 0.3) is 0 Å². The van der Waals surface area contributed by atoms with Crippen molar-refractivity contribution in [1.82, 2.24) is 0 Å². The predicted molar refractivity (Wildman–Crippen MR) is 134 cm³/mol. The molecule has 1 N–H and O–H groups in total. The second kappa shape index (κ2) is 8.31. The first kappa shape index (κ1) is 23.0. The normalized spacial score (nSPS) is 19.1. The van der Waals surface area contributed by atoms with Gasteiger partial charge in [0.2, 0.25) is 0 Å². The summed E-state index contributed by atoms with van der Waals surface area (Å²) in [4.78, 5) is 13.4. The number of rotatable bonds is 4. The van der Waals surface area contributed by atoms with Crippen LogP contribution >= 0.6 is 12.2 Å². The van der Waals surface area contributed by atoms with E-state index in [2.05, 4.69) is 44.7 Å². The largest absolute Gasteiger partial charge is 0.477 e. The lowest BCUT2D eigenvalue weighted by molar-refractivity contribution is -0.132. The van der Waals surface area contributed by atoms with Gasteiger partial charge in [-0.15, -0.1) is 0 Å². The number of nitrogens with zero attached hydrogens (tertiary/aromatic N) is 2. The minimum atomic E-state index is -1.25. The third-order valence-electron chi connectivity index (χ3n) is 6.87. The summed E-state index contributed by atoms with van der Waals surface area (Å²) in [6.07, 6.45) is 10.2. The monoisotopic (exact) mass is 460 g/mol. The molecule has 4 rings (SSSR count). The first-order valence-electron chi connectivity index (χ1n) is 11.1. The molecular weight excluding hydrogens is 432 g/mol. The van der Waals surface area contributed by atoms with Crippen molar-refractivity contribution in [2.24, 2.45) is 0 Å². The maximum absolute atomic E-state index is 10.9. The van der Waals surface area contributed by atoms with Crippen molar-refractivity contribution in [3.8, 4) is 6.07 Å². The number of anilines is 1. The third-order valence-corrected chi connectivity index (χ3v) is 7.19. The van der Waals surface area contributed by atoms with Crippen LogP contribution in [0, 0.1) is 16.0 Å². The Kier molecular flexibility index (Phi) is 5.79. The Morgan fingerprint density at radius 3 is 2.52 bits per heavy atom. The van der Waals surface area contributed by atoms with Gasteiger partial charge in [0, 0.05) is 35.3 Å². The van der Waals surface area contributed by atoms with Crippen LogP contribution < -0.4 is 4.90 Å². The van der Waals surface area contributed by atoms with Crippen LogP contribution in [0.4, 0.5) is 5.69 Å². The van der Waals surface area contributed by atoms with E-state index in [9.17, 15) is 4.79 Å². The van der Waals surface area contributed by atoms with Crippen LogP contribution in [0.2, 0.25) is 0 Å². The summed E-state index contributed by atoms with van der Waals surface area (Å²) < 4.78 is 6.71. The fourth-order valence-electron chi connectivity index (χ4n) is 4.82. The predicted octanol–water partition coefficient (Wildman–Crippen LogP) is 6.44. The highest BCUT2D eigenvalue weighted by Gasteiger charge is 2.41. The Balaban J connectivity index is 1.82. The number of allylic oxidation sites excluding steroid dienone is 4. The van der Waals surface area contributed by atoms with Gasteiger partial charge in [0.15, 0.2) is 4.71 Å². The van der Waals surface area contributed by atoms with E-state index in [1.807, 2.05) is 6.08 Å². The van der Waals surface area contributed by atoms with E-state index in [4.69, 9.17) is 27.0 Å². The molecule has 1 aromatic carbocycles. The molecule has 0 saturated carbocycles. The van der Waals surface area contributed by atoms with Crippen LogP contribution in [0.15, 0.2) is 46.4 Å². The van der Waals surface area contributed by atoms with Gasteiger partial charge in [-0.1, -0.05) is 52.0 Å². The van der Waals surface area contributed by atoms with Gasteiger partial charge in [0.1, 0.15) is 17.2 Å². The summed E-state index contributed by atoms with van der Waals surface area (Å²) in [5.74, 6) is -1.25. The van der Waals surface area contributed by atoms with Gasteiger partial charge in [-0.3, -0.25) is 0 Å². The zero-order valence-corrected chi connectivity index (χ0v) is 20.3. The van der Waals surface area contributed by atoms with Gasteiger partial charge in [-0.2, -0.15) is 5.26 Å². The molecule has 0 atom stereocenters. The van der Waals surface area contributed by atoms with Gasteiger partial charge in [0.05, 0.1) is 0 Å². The van der Waals surface area contributed by atoms with Gasteiger partial charge in [-0.25, -0.2) is 4.79 Å². The topological polar surface area (TPSA) is 77.5 Å². The first-order chi connectivity index (χ1) is 15.5. The first-order valence-corrected chi connectivity index (χ1v) is 11.6. The average molecular weight is 461 g/mol. The average Bonchev–Trinajstić information content (AvgIpc) is 2.74. The number of carboxylic acids is 1. The summed E-state index contributed by atoms with van der Waals surface area (Å²) in [6.45, 7) is 11.3. The van der Waals surface area contributed by atoms with Crippen LogP contribution in [-0.2, 0) is 15.6 Å². The number of carboxylic acid groups (broad SMARTS) is 1. The molecule has 0 radical (unpaired) electrons. The van der Waals surface area contributed by atoms with Gasteiger partial charge < -0.3 is 14.4 Å². The Morgan fingerprint density at radius 2 is 1.85 bits per heavy atom. The minimum absolute atomic E-state index is 0.00615. The summed E-state index contributed by atoms with van der Waals surface area (Å²) in [7, 11) is 0. The minimum Gasteiger partial charge on any atom is -0.477 e. The van der Waals surface area contributed by atoms with E-state index in [1.165, 1.54) is 29.0 Å². The van der Waals surface area contributed by atoms with Gasteiger partial charge in [-0.05, 0) is 59.7 Å². The molecule has 0 bridgehead atoms. The number of aliphatic carboxylic acids is 1. The van der Waals surface area contributed by atoms with E-state index >= 15 is 0 Å². The van der Waals surface area contributed by atoms with Crippen molar-refractivity contribution in [2.45, 2.75) is 51.4 Å². The van der Waals surface area contributed by atoms with Crippen LogP contribution in [0.1, 0.15) is 57.2 Å². The molecule has 2 aliphatic rings. The second-order valence-electron chi connectivity index (χ2n) is 10.1. The highest BCUT2D eigenvalue weighted by molar-refractivity contribution is 7.71. The molecule has 0 spiro atoms. The Hall–Kier alpha value is -3.17. The number of hydrogen-bond acceptors (Lipinski definition) is 5. The maximum Gasteiger partial charge on any atom is 0.346 e. The van der Waals surface area contributed by atoms with Crippen LogP contribution in [-0.4, -0.2) is 24.2 Å². The molecule has 3 heterocycles. The molecule has 170 valence electrons. The van der Waals surface area contributed by atoms with Crippen molar-refractivity contribution >= 4 is 40.9 Å². The Morgan fingerprint density at radius 1 is 1.15 bits per heavy atom. The van der Waals surface area contributed by atoms with Gasteiger partial charge >= 0.3 is 5.97 Å². The number of benzene rings is 1. The molecule has 0 fully saturated rings. The number of hydrogen-bond donors (Lipinski definition) is 1. The summed E-state index contributed by atoms with van der Waals surface area (Å²) in [5.41, 5.74) is 5.39. The quantitative estimate of drug-likeness (QED) is 0.245. The standard InChI is InChI=1S/C27H28N2O3S/c1-26(2)10-12-29-13-11-27(3,4)21-22(29)20(26)15-19-14-17(25(33)32-23(19)21)8-6-5-7-9-18(16-28)24(30)31/h5-9,14-15H,10-13H2,1-4H3,(H,30,31). The van der Waals surface area contributed by atoms with Crippen LogP contribution in [0.5, 0.6) is 0 Å². The SMILES string of the molecule is CC1(C)CCN2CCC(C)(C)c3c2c1cc1cc(C=CC=CC=C(C#N)C(=O)O)c(=S)oc31. The van der Waals surface area contributed by atoms with Crippen molar-refractivity contribution in [3.63, 3.8) is 0 Å². The van der Waals surface area contributed by atoms with Crippen LogP contribution in [0.3, 0.4) is 0 Å². The molecule has 1 aromatic heterocycles. The maximum atomic E-state index is 10.9. The lowest BCUT2D eigenvalue weighted by atomic mass is 9.69. The summed E-state index contributed by atoms with van der Waals surface area (Å²) in [5, 5.41) is 18.7. The number of carbonyl (C=O) groups is 1. The molecule has 2 aliphatic heterocycles. The zero-order valence-electron chi connectivity index (χ0n) is 19.4. The smallest absolute Gasteiger partial charge is 0.346 e. The molecule has 5 nitrogen and oxygen atoms in total. The molecule has 0 aliphatic carbocycles. The van der Waals surface area contributed by atoms with Crippen LogP contribution in [0.25, 0.3) is 17.0 Å². The van der Waals surface area contributed by atoms with E-state index in [1.54, 1.807) is 18.2 Å². The highest BCUT2D eigenvalue weighted by Crippen LogP contribution is 2.51. The highest BCUT2D eigenvalue weighted by atomic mass is 32.1. The summed E-state index contributed by atoms with van der Waals surface area (Å²) in [6, 6.07) is 5.99. The van der Waals surface area contributed by atoms with Crippen molar-refractivity contribution in [1.29, 1.82) is 5.26 Å². The Labute approximate surface area is 199 Å². The van der Waals surface area contributed by atoms with Crippen molar-refractivity contribution < 1.29 is 14.3 Å². The third kappa shape index (κ3) is 4.14. The molecule has 6 heteroatoms. The lowest BCUT2D eigenvalue weighted by Crippen LogP contribution is -2.44. The fraction of sp³-hybridized carbons (Fsp3) is 0.370. The molecular formula is C27H28N2O3S. The summed E-state index contributed by atoms with van der Waals surface area (Å²) >= 11 is 5.59. The van der Waals surface area contributed by atoms with E-state index < -0.39 is 5.97 Å².